The smallest absolute Gasteiger partial charge is 0.355 e. The number of halogens is 4. The van der Waals surface area contributed by atoms with Crippen LogP contribution in [0.3, 0.4) is 0 Å². The summed E-state index contributed by atoms with van der Waals surface area (Å²) in [5.74, 6) is 0.417. The fraction of sp³-hybridized carbons (Fsp3) is 0.556. The average molecular weight is 298 g/mol. The molecule has 0 saturated heterocycles. The zero-order chi connectivity index (χ0) is 12.3. The van der Waals surface area contributed by atoms with Gasteiger partial charge >= 0.3 is 6.18 Å². The van der Waals surface area contributed by atoms with Gasteiger partial charge in [-0.15, -0.1) is 10.2 Å². The molecular weight excluding hydrogens is 287 g/mol. The van der Waals surface area contributed by atoms with Crippen LogP contribution in [0, 0.1) is 0 Å². The first kappa shape index (κ1) is 13.2. The first-order valence-electron chi connectivity index (χ1n) is 4.56. The van der Waals surface area contributed by atoms with E-state index in [4.69, 9.17) is 0 Å². The summed E-state index contributed by atoms with van der Waals surface area (Å²) in [5.41, 5.74) is -0.976. The van der Waals surface area contributed by atoms with E-state index in [0.717, 1.165) is 6.07 Å². The molecule has 0 amide bonds. The van der Waals surface area contributed by atoms with Crippen LogP contribution in [0.5, 0.6) is 0 Å². The Hall–Kier alpha value is -0.850. The summed E-state index contributed by atoms with van der Waals surface area (Å²) in [6.07, 6.45) is -4.44. The molecule has 0 spiro atoms. The molecule has 3 nitrogen and oxygen atoms in total. The van der Waals surface area contributed by atoms with Crippen LogP contribution < -0.4 is 4.90 Å². The number of rotatable bonds is 3. The van der Waals surface area contributed by atoms with E-state index in [0.29, 0.717) is 11.1 Å². The lowest BCUT2D eigenvalue weighted by Crippen LogP contribution is -2.31. The zero-order valence-corrected chi connectivity index (χ0v) is 10.4. The molecule has 0 aliphatic carbocycles. The van der Waals surface area contributed by atoms with Crippen molar-refractivity contribution in [3.05, 3.63) is 17.8 Å². The summed E-state index contributed by atoms with van der Waals surface area (Å²) in [7, 11) is 1.75. The van der Waals surface area contributed by atoms with Crippen LogP contribution in [0.15, 0.2) is 12.1 Å². The highest BCUT2D eigenvalue weighted by Crippen LogP contribution is 2.27. The number of anilines is 1. The molecule has 1 atom stereocenters. The fourth-order valence-electron chi connectivity index (χ4n) is 0.994. The molecule has 0 N–H and O–H groups in total. The molecule has 1 aromatic heterocycles. The first-order valence-corrected chi connectivity index (χ1v) is 5.68. The van der Waals surface area contributed by atoms with Crippen LogP contribution in [0.2, 0.25) is 0 Å². The van der Waals surface area contributed by atoms with Gasteiger partial charge in [0.15, 0.2) is 11.5 Å². The summed E-state index contributed by atoms with van der Waals surface area (Å²) >= 11 is 3.29. The van der Waals surface area contributed by atoms with Crippen LogP contribution in [0.25, 0.3) is 0 Å². The Morgan fingerprint density at radius 2 is 2.00 bits per heavy atom. The number of aromatic nitrogens is 2. The second-order valence-corrected chi connectivity index (χ2v) is 4.04. The third-order valence-electron chi connectivity index (χ3n) is 2.19. The molecule has 0 bridgehead atoms. The molecule has 0 aromatic carbocycles. The Kier molecular flexibility index (Phi) is 4.12. The zero-order valence-electron chi connectivity index (χ0n) is 8.79. The van der Waals surface area contributed by atoms with Crippen molar-refractivity contribution in [1.82, 2.24) is 10.2 Å². The molecule has 7 heteroatoms. The van der Waals surface area contributed by atoms with E-state index < -0.39 is 11.9 Å². The highest BCUT2D eigenvalue weighted by atomic mass is 79.9. The van der Waals surface area contributed by atoms with Gasteiger partial charge in [0.2, 0.25) is 0 Å². The standard InChI is InChI=1S/C9H11BrF3N3/c1-6(5-10)16(2)8-4-3-7(14-15-8)9(11,12)13/h3-4,6H,5H2,1-2H3. The van der Waals surface area contributed by atoms with Crippen molar-refractivity contribution in [2.45, 2.75) is 19.1 Å². The molecule has 0 fully saturated rings. The summed E-state index contributed by atoms with van der Waals surface area (Å²) in [6.45, 7) is 1.92. The molecule has 0 radical (unpaired) electrons. The fourth-order valence-corrected chi connectivity index (χ4v) is 1.43. The summed E-state index contributed by atoms with van der Waals surface area (Å²) < 4.78 is 36.7. The van der Waals surface area contributed by atoms with Crippen molar-refractivity contribution >= 4 is 21.7 Å². The van der Waals surface area contributed by atoms with E-state index >= 15 is 0 Å². The highest BCUT2D eigenvalue weighted by Gasteiger charge is 2.33. The van der Waals surface area contributed by atoms with Crippen molar-refractivity contribution in [3.8, 4) is 0 Å². The number of nitrogens with zero attached hydrogens (tertiary/aromatic N) is 3. The lowest BCUT2D eigenvalue weighted by atomic mass is 10.3. The van der Waals surface area contributed by atoms with Crippen LogP contribution in [0.1, 0.15) is 12.6 Å². The second-order valence-electron chi connectivity index (χ2n) is 3.39. The minimum Gasteiger partial charge on any atom is -0.355 e. The van der Waals surface area contributed by atoms with Gasteiger partial charge in [-0.05, 0) is 19.1 Å². The minimum absolute atomic E-state index is 0.131. The van der Waals surface area contributed by atoms with Crippen LogP contribution in [-0.2, 0) is 6.18 Å². The molecular formula is C9H11BrF3N3. The third kappa shape index (κ3) is 3.07. The lowest BCUT2D eigenvalue weighted by Gasteiger charge is -2.23. The van der Waals surface area contributed by atoms with Crippen LogP contribution in [0.4, 0.5) is 19.0 Å². The van der Waals surface area contributed by atoms with E-state index in [1.54, 1.807) is 11.9 Å². The molecule has 16 heavy (non-hydrogen) atoms. The van der Waals surface area contributed by atoms with Gasteiger partial charge in [0, 0.05) is 18.4 Å². The maximum absolute atomic E-state index is 12.2. The van der Waals surface area contributed by atoms with Crippen molar-refractivity contribution in [3.63, 3.8) is 0 Å². The topological polar surface area (TPSA) is 29.0 Å². The van der Waals surface area contributed by atoms with Gasteiger partial charge in [0.1, 0.15) is 0 Å². The minimum atomic E-state index is -4.44. The molecule has 0 saturated carbocycles. The largest absolute Gasteiger partial charge is 0.435 e. The van der Waals surface area contributed by atoms with Crippen molar-refractivity contribution in [2.24, 2.45) is 0 Å². The molecule has 90 valence electrons. The van der Waals surface area contributed by atoms with Crippen molar-refractivity contribution in [2.75, 3.05) is 17.3 Å². The predicted molar refractivity (Wildman–Crippen MR) is 58.7 cm³/mol. The van der Waals surface area contributed by atoms with E-state index in [1.807, 2.05) is 6.92 Å². The van der Waals surface area contributed by atoms with Crippen LogP contribution in [-0.4, -0.2) is 28.6 Å². The summed E-state index contributed by atoms with van der Waals surface area (Å²) in [5, 5.41) is 7.41. The normalized spacial score (nSPS) is 13.6. The van der Waals surface area contributed by atoms with Gasteiger partial charge in [0.05, 0.1) is 0 Å². The maximum atomic E-state index is 12.2. The van der Waals surface area contributed by atoms with E-state index in [-0.39, 0.29) is 6.04 Å². The van der Waals surface area contributed by atoms with E-state index in [1.165, 1.54) is 6.07 Å². The summed E-state index contributed by atoms with van der Waals surface area (Å²) in [4.78, 5) is 1.75. The van der Waals surface area contributed by atoms with Crippen molar-refractivity contribution < 1.29 is 13.2 Å². The van der Waals surface area contributed by atoms with Gasteiger partial charge in [-0.1, -0.05) is 15.9 Å². The van der Waals surface area contributed by atoms with Gasteiger partial charge in [-0.25, -0.2) is 0 Å². The SMILES string of the molecule is CC(CBr)N(C)c1ccc(C(F)(F)F)nn1. The number of hydrogen-bond acceptors (Lipinski definition) is 3. The molecule has 1 aromatic rings. The Balaban J connectivity index is 2.87. The molecule has 1 heterocycles. The maximum Gasteiger partial charge on any atom is 0.435 e. The monoisotopic (exact) mass is 297 g/mol. The molecule has 0 aliphatic rings. The van der Waals surface area contributed by atoms with Crippen LogP contribution >= 0.6 is 15.9 Å². The van der Waals surface area contributed by atoms with Gasteiger partial charge in [-0.2, -0.15) is 13.2 Å². The quantitative estimate of drug-likeness (QED) is 0.803. The van der Waals surface area contributed by atoms with Gasteiger partial charge in [0.25, 0.3) is 0 Å². The van der Waals surface area contributed by atoms with Gasteiger partial charge < -0.3 is 4.90 Å². The van der Waals surface area contributed by atoms with Gasteiger partial charge in [-0.3, -0.25) is 0 Å². The van der Waals surface area contributed by atoms with E-state index in [2.05, 4.69) is 26.1 Å². The molecule has 1 unspecified atom stereocenters. The highest BCUT2D eigenvalue weighted by molar-refractivity contribution is 9.09. The van der Waals surface area contributed by atoms with E-state index in [9.17, 15) is 13.2 Å². The lowest BCUT2D eigenvalue weighted by molar-refractivity contribution is -0.141. The third-order valence-corrected chi connectivity index (χ3v) is 3.12. The summed E-state index contributed by atoms with van der Waals surface area (Å²) in [6, 6.07) is 2.38. The first-order chi connectivity index (χ1) is 7.36. The number of alkyl halides is 4. The van der Waals surface area contributed by atoms with Crippen molar-refractivity contribution in [1.29, 1.82) is 0 Å². The number of hydrogen-bond donors (Lipinski definition) is 0. The Morgan fingerprint density at radius 1 is 1.38 bits per heavy atom. The second kappa shape index (κ2) is 4.99. The average Bonchev–Trinajstić information content (AvgIpc) is 2.26. The molecule has 1 rings (SSSR count). The molecule has 0 aliphatic heterocycles. The predicted octanol–water partition coefficient (Wildman–Crippen LogP) is 2.72. The Morgan fingerprint density at radius 3 is 2.38 bits per heavy atom. The Bertz CT molecular complexity index is 339. The Labute approximate surface area is 99.8 Å².